The van der Waals surface area contributed by atoms with Crippen LogP contribution >= 0.6 is 15.9 Å². The van der Waals surface area contributed by atoms with Crippen LogP contribution in [-0.2, 0) is 0 Å². The third-order valence-electron chi connectivity index (χ3n) is 2.54. The molecule has 0 atom stereocenters. The van der Waals surface area contributed by atoms with Crippen LogP contribution in [0.15, 0.2) is 27.8 Å². The molecule has 5 nitrogen and oxygen atoms in total. The number of hydrogen-bond donors (Lipinski definition) is 3. The van der Waals surface area contributed by atoms with Crippen molar-refractivity contribution in [1.82, 2.24) is 5.32 Å². The number of nitrogens with two attached hydrogens (primary N) is 1. The number of nitrogens with one attached hydrogen (secondary N) is 1. The number of halogens is 1. The van der Waals surface area contributed by atoms with Gasteiger partial charge in [-0.25, -0.2) is 0 Å². The molecule has 1 rings (SSSR count). The second-order valence-electron chi connectivity index (χ2n) is 4.55. The summed E-state index contributed by atoms with van der Waals surface area (Å²) in [7, 11) is 0. The normalized spacial score (nSPS) is 12.3. The summed E-state index contributed by atoms with van der Waals surface area (Å²) >= 11 is 3.32. The van der Waals surface area contributed by atoms with Crippen molar-refractivity contribution in [2.45, 2.75) is 26.3 Å². The Bertz CT molecular complexity index is 498. The third kappa shape index (κ3) is 3.22. The van der Waals surface area contributed by atoms with Crippen LogP contribution in [0.25, 0.3) is 0 Å². The lowest BCUT2D eigenvalue weighted by molar-refractivity contribution is 0.0930. The Balaban J connectivity index is 2.99. The molecule has 0 radical (unpaired) electrons. The van der Waals surface area contributed by atoms with Crippen molar-refractivity contribution in [3.8, 4) is 0 Å². The molecule has 4 N–H and O–H groups in total. The summed E-state index contributed by atoms with van der Waals surface area (Å²) in [5.41, 5.74) is 6.08. The van der Waals surface area contributed by atoms with E-state index in [1.54, 1.807) is 26.0 Å². The molecule has 0 aliphatic rings. The van der Waals surface area contributed by atoms with E-state index < -0.39 is 5.54 Å². The minimum atomic E-state index is -0.922. The minimum absolute atomic E-state index is 0.0559. The standard InChI is InChI=1S/C12H16BrN3O2/c1-7-4-5-9(13)8(6-7)10(17)15-12(2,3)11(14)16-18/h4-6,18H,1-3H3,(H2,14,16)(H,15,17). The molecule has 1 aromatic carbocycles. The Kier molecular flexibility index (Phi) is 4.34. The molecule has 0 saturated heterocycles. The zero-order valence-corrected chi connectivity index (χ0v) is 12.1. The fourth-order valence-corrected chi connectivity index (χ4v) is 1.78. The first kappa shape index (κ1) is 14.5. The Labute approximate surface area is 114 Å². The van der Waals surface area contributed by atoms with Gasteiger partial charge in [-0.1, -0.05) is 16.8 Å². The average Bonchev–Trinajstić information content (AvgIpc) is 2.30. The fourth-order valence-electron chi connectivity index (χ4n) is 1.35. The van der Waals surface area contributed by atoms with Gasteiger partial charge in [0, 0.05) is 4.47 Å². The van der Waals surface area contributed by atoms with Gasteiger partial charge >= 0.3 is 0 Å². The van der Waals surface area contributed by atoms with E-state index in [-0.39, 0.29) is 11.7 Å². The molecule has 18 heavy (non-hydrogen) atoms. The molecule has 98 valence electrons. The van der Waals surface area contributed by atoms with Gasteiger partial charge < -0.3 is 16.3 Å². The Morgan fingerprint density at radius 2 is 2.11 bits per heavy atom. The summed E-state index contributed by atoms with van der Waals surface area (Å²) < 4.78 is 0.695. The number of amidine groups is 1. The van der Waals surface area contributed by atoms with Gasteiger partial charge in [0.05, 0.1) is 11.1 Å². The van der Waals surface area contributed by atoms with Crippen molar-refractivity contribution in [3.05, 3.63) is 33.8 Å². The van der Waals surface area contributed by atoms with Crippen LogP contribution in [-0.4, -0.2) is 22.5 Å². The maximum atomic E-state index is 12.1. The second kappa shape index (κ2) is 5.39. The molecule has 0 fully saturated rings. The highest BCUT2D eigenvalue weighted by Gasteiger charge is 2.26. The van der Waals surface area contributed by atoms with Gasteiger partial charge in [-0.2, -0.15) is 0 Å². The molecule has 0 heterocycles. The summed E-state index contributed by atoms with van der Waals surface area (Å²) in [5, 5.41) is 14.3. The van der Waals surface area contributed by atoms with Crippen LogP contribution in [0.5, 0.6) is 0 Å². The maximum Gasteiger partial charge on any atom is 0.253 e. The smallest absolute Gasteiger partial charge is 0.253 e. The molecule has 0 saturated carbocycles. The summed E-state index contributed by atoms with van der Waals surface area (Å²) in [6.07, 6.45) is 0. The monoisotopic (exact) mass is 313 g/mol. The van der Waals surface area contributed by atoms with Crippen LogP contribution in [0.3, 0.4) is 0 Å². The molecular weight excluding hydrogens is 298 g/mol. The Morgan fingerprint density at radius 1 is 1.50 bits per heavy atom. The Hall–Kier alpha value is -1.56. The van der Waals surface area contributed by atoms with Crippen LogP contribution in [0.2, 0.25) is 0 Å². The number of oxime groups is 1. The predicted octanol–water partition coefficient (Wildman–Crippen LogP) is 2.01. The number of hydrogen-bond acceptors (Lipinski definition) is 3. The summed E-state index contributed by atoms with van der Waals surface area (Å²) in [6, 6.07) is 5.47. The van der Waals surface area contributed by atoms with Gasteiger partial charge in [-0.05, 0) is 48.8 Å². The third-order valence-corrected chi connectivity index (χ3v) is 3.23. The molecule has 6 heteroatoms. The van der Waals surface area contributed by atoms with E-state index in [9.17, 15) is 4.79 Å². The first-order valence-corrected chi connectivity index (χ1v) is 6.14. The van der Waals surface area contributed by atoms with Crippen LogP contribution < -0.4 is 11.1 Å². The van der Waals surface area contributed by atoms with Gasteiger partial charge in [0.15, 0.2) is 5.84 Å². The Morgan fingerprint density at radius 3 is 2.67 bits per heavy atom. The molecule has 0 spiro atoms. The lowest BCUT2D eigenvalue weighted by Crippen LogP contribution is -2.53. The molecule has 0 unspecified atom stereocenters. The highest BCUT2D eigenvalue weighted by molar-refractivity contribution is 9.10. The minimum Gasteiger partial charge on any atom is -0.409 e. The summed E-state index contributed by atoms with van der Waals surface area (Å²) in [5.74, 6) is -0.346. The van der Waals surface area contributed by atoms with E-state index in [1.807, 2.05) is 13.0 Å². The highest BCUT2D eigenvalue weighted by Crippen LogP contribution is 2.19. The zero-order valence-electron chi connectivity index (χ0n) is 10.5. The molecule has 0 aliphatic heterocycles. The molecule has 0 bridgehead atoms. The van der Waals surface area contributed by atoms with Crippen molar-refractivity contribution >= 4 is 27.7 Å². The largest absolute Gasteiger partial charge is 0.409 e. The lowest BCUT2D eigenvalue weighted by Gasteiger charge is -2.24. The topological polar surface area (TPSA) is 87.7 Å². The van der Waals surface area contributed by atoms with Gasteiger partial charge in [-0.3, -0.25) is 4.79 Å². The first-order chi connectivity index (χ1) is 8.27. The van der Waals surface area contributed by atoms with Gasteiger partial charge in [0.1, 0.15) is 0 Å². The van der Waals surface area contributed by atoms with E-state index in [4.69, 9.17) is 10.9 Å². The van der Waals surface area contributed by atoms with Crippen molar-refractivity contribution in [3.63, 3.8) is 0 Å². The summed E-state index contributed by atoms with van der Waals surface area (Å²) in [4.78, 5) is 12.1. The van der Waals surface area contributed by atoms with Crippen molar-refractivity contribution in [2.75, 3.05) is 0 Å². The quantitative estimate of drug-likeness (QED) is 0.345. The molecule has 1 amide bonds. The number of nitrogens with zero attached hydrogens (tertiary/aromatic N) is 1. The first-order valence-electron chi connectivity index (χ1n) is 5.34. The molecule has 1 aromatic rings. The van der Waals surface area contributed by atoms with E-state index in [0.29, 0.717) is 10.0 Å². The highest BCUT2D eigenvalue weighted by atomic mass is 79.9. The number of amides is 1. The number of aryl methyl sites for hydroxylation is 1. The average molecular weight is 314 g/mol. The van der Waals surface area contributed by atoms with Gasteiger partial charge in [0.25, 0.3) is 5.91 Å². The van der Waals surface area contributed by atoms with Crippen LogP contribution in [0.1, 0.15) is 29.8 Å². The SMILES string of the molecule is Cc1ccc(Br)c(C(=O)NC(C)(C)/C(N)=N/O)c1. The lowest BCUT2D eigenvalue weighted by atomic mass is 10.0. The number of benzene rings is 1. The number of carbonyl (C=O) groups is 1. The fraction of sp³-hybridized carbons (Fsp3) is 0.333. The maximum absolute atomic E-state index is 12.1. The van der Waals surface area contributed by atoms with E-state index >= 15 is 0 Å². The second-order valence-corrected chi connectivity index (χ2v) is 5.40. The van der Waals surface area contributed by atoms with Crippen molar-refractivity contribution < 1.29 is 10.0 Å². The molecule has 0 aliphatic carbocycles. The van der Waals surface area contributed by atoms with E-state index in [1.165, 1.54) is 0 Å². The van der Waals surface area contributed by atoms with Gasteiger partial charge in [0.2, 0.25) is 0 Å². The molecular formula is C12H16BrN3O2. The van der Waals surface area contributed by atoms with Crippen molar-refractivity contribution in [1.29, 1.82) is 0 Å². The number of carbonyl (C=O) groups excluding carboxylic acids is 1. The number of rotatable bonds is 3. The predicted molar refractivity (Wildman–Crippen MR) is 73.8 cm³/mol. The van der Waals surface area contributed by atoms with Crippen LogP contribution in [0.4, 0.5) is 0 Å². The molecule has 0 aromatic heterocycles. The van der Waals surface area contributed by atoms with E-state index in [0.717, 1.165) is 5.56 Å². The van der Waals surface area contributed by atoms with Crippen LogP contribution in [0, 0.1) is 6.92 Å². The van der Waals surface area contributed by atoms with Crippen molar-refractivity contribution in [2.24, 2.45) is 10.9 Å². The zero-order chi connectivity index (χ0) is 13.9. The summed E-state index contributed by atoms with van der Waals surface area (Å²) in [6.45, 7) is 5.21. The van der Waals surface area contributed by atoms with E-state index in [2.05, 4.69) is 26.4 Å². The van der Waals surface area contributed by atoms with Gasteiger partial charge in [-0.15, -0.1) is 0 Å².